The zero-order valence-electron chi connectivity index (χ0n) is 20.8. The smallest absolute Gasteiger partial charge is 0.269 e. The first-order valence-corrected chi connectivity index (χ1v) is 14.5. The Labute approximate surface area is 218 Å². The molecule has 5 nitrogen and oxygen atoms in total. The lowest BCUT2D eigenvalue weighted by Crippen LogP contribution is -2.27. The summed E-state index contributed by atoms with van der Waals surface area (Å²) in [6, 6.07) is 27.7. The van der Waals surface area contributed by atoms with E-state index in [9.17, 15) is 8.42 Å². The van der Waals surface area contributed by atoms with E-state index in [1.165, 1.54) is 9.54 Å². The molecule has 1 aliphatic heterocycles. The molecule has 0 spiro atoms. The van der Waals surface area contributed by atoms with E-state index in [0.29, 0.717) is 16.5 Å². The average Bonchev–Trinajstić information content (AvgIpc) is 3.18. The molecular formula is C31H31N3O2S. The summed E-state index contributed by atoms with van der Waals surface area (Å²) in [5.74, 6) is 0.303. The molecule has 0 radical (unpaired) electrons. The Balaban J connectivity index is 1.31. The third-order valence-corrected chi connectivity index (χ3v) is 9.38. The fourth-order valence-corrected chi connectivity index (χ4v) is 7.26. The maximum atomic E-state index is 14.0. The van der Waals surface area contributed by atoms with Crippen molar-refractivity contribution in [2.45, 2.75) is 36.5 Å². The lowest BCUT2D eigenvalue weighted by atomic mass is 9.92. The Morgan fingerprint density at radius 3 is 2.49 bits per heavy atom. The summed E-state index contributed by atoms with van der Waals surface area (Å²) < 4.78 is 29.4. The van der Waals surface area contributed by atoms with Crippen molar-refractivity contribution < 1.29 is 8.42 Å². The minimum atomic E-state index is -3.83. The van der Waals surface area contributed by atoms with E-state index in [1.54, 1.807) is 12.3 Å². The zero-order valence-corrected chi connectivity index (χ0v) is 21.6. The highest BCUT2D eigenvalue weighted by molar-refractivity contribution is 7.90. The van der Waals surface area contributed by atoms with Gasteiger partial charge in [-0.2, -0.15) is 0 Å². The SMILES string of the molecule is O=S(=O)(c1cccc2ccccc12)n1cc(C2CCCN(CCc3ccccc3)CC2)c2cccnc21. The monoisotopic (exact) mass is 509 g/mol. The molecule has 1 unspecified atom stereocenters. The summed E-state index contributed by atoms with van der Waals surface area (Å²) in [6.45, 7) is 3.14. The van der Waals surface area contributed by atoms with Crippen LogP contribution in [0.5, 0.6) is 0 Å². The maximum absolute atomic E-state index is 14.0. The fraction of sp³-hybridized carbons (Fsp3) is 0.258. The third kappa shape index (κ3) is 4.67. The van der Waals surface area contributed by atoms with Gasteiger partial charge in [0.2, 0.25) is 0 Å². The Bertz CT molecular complexity index is 1640. The fourth-order valence-electron chi connectivity index (χ4n) is 5.71. The molecule has 1 saturated heterocycles. The van der Waals surface area contributed by atoms with E-state index in [2.05, 4.69) is 40.2 Å². The normalized spacial score (nSPS) is 17.2. The minimum Gasteiger partial charge on any atom is -0.303 e. The van der Waals surface area contributed by atoms with E-state index in [1.807, 2.05) is 54.7 Å². The zero-order chi connectivity index (χ0) is 25.2. The van der Waals surface area contributed by atoms with E-state index < -0.39 is 10.0 Å². The minimum absolute atomic E-state index is 0.303. The van der Waals surface area contributed by atoms with Gasteiger partial charge in [-0.3, -0.25) is 0 Å². The first kappa shape index (κ1) is 23.9. The number of benzene rings is 3. The van der Waals surface area contributed by atoms with Crippen LogP contribution in [0.25, 0.3) is 21.8 Å². The average molecular weight is 510 g/mol. The molecule has 0 bridgehead atoms. The highest BCUT2D eigenvalue weighted by Crippen LogP contribution is 2.36. The van der Waals surface area contributed by atoms with Gasteiger partial charge in [-0.25, -0.2) is 17.4 Å². The molecule has 1 aliphatic rings. The van der Waals surface area contributed by atoms with Gasteiger partial charge in [-0.05, 0) is 79.4 Å². The molecule has 2 aromatic heterocycles. The van der Waals surface area contributed by atoms with Crippen LogP contribution in [0, 0.1) is 0 Å². The topological polar surface area (TPSA) is 55.2 Å². The van der Waals surface area contributed by atoms with E-state index in [4.69, 9.17) is 0 Å². The van der Waals surface area contributed by atoms with Crippen LogP contribution in [-0.2, 0) is 16.4 Å². The van der Waals surface area contributed by atoms with Gasteiger partial charge in [0, 0.05) is 29.7 Å². The van der Waals surface area contributed by atoms with Gasteiger partial charge in [0.05, 0.1) is 4.90 Å². The highest BCUT2D eigenvalue weighted by Gasteiger charge is 2.27. The second-order valence-corrected chi connectivity index (χ2v) is 11.7. The number of hydrogen-bond donors (Lipinski definition) is 0. The Morgan fingerprint density at radius 1 is 0.811 bits per heavy atom. The highest BCUT2D eigenvalue weighted by atomic mass is 32.2. The summed E-state index contributed by atoms with van der Waals surface area (Å²) in [4.78, 5) is 7.41. The Morgan fingerprint density at radius 2 is 1.59 bits per heavy atom. The van der Waals surface area contributed by atoms with Gasteiger partial charge in [-0.1, -0.05) is 66.7 Å². The number of pyridine rings is 1. The van der Waals surface area contributed by atoms with Crippen molar-refractivity contribution in [3.8, 4) is 0 Å². The Hall–Kier alpha value is -3.48. The second kappa shape index (κ2) is 10.1. The summed E-state index contributed by atoms with van der Waals surface area (Å²) in [7, 11) is -3.83. The van der Waals surface area contributed by atoms with E-state index in [0.717, 1.165) is 67.0 Å². The van der Waals surface area contributed by atoms with Crippen LogP contribution in [-0.4, -0.2) is 41.9 Å². The molecule has 3 heterocycles. The standard InChI is InChI=1S/C31H31N3O2S/c35-37(36,30-16-6-12-25-11-4-5-14-27(25)30)34-23-29(28-15-7-19-32-31(28)34)26-13-8-20-33(22-18-26)21-17-24-9-2-1-3-10-24/h1-7,9-12,14-16,19,23,26H,8,13,17-18,20-22H2. The van der Waals surface area contributed by atoms with Crippen LogP contribution in [0.15, 0.2) is 102 Å². The molecule has 5 aromatic rings. The predicted molar refractivity (Wildman–Crippen MR) is 149 cm³/mol. The van der Waals surface area contributed by atoms with Crippen molar-refractivity contribution in [1.29, 1.82) is 0 Å². The second-order valence-electron chi connectivity index (χ2n) is 9.94. The van der Waals surface area contributed by atoms with Gasteiger partial charge in [-0.15, -0.1) is 0 Å². The lowest BCUT2D eigenvalue weighted by molar-refractivity contribution is 0.287. The maximum Gasteiger partial charge on any atom is 0.269 e. The van der Waals surface area contributed by atoms with Crippen LogP contribution in [0.3, 0.4) is 0 Å². The number of fused-ring (bicyclic) bond motifs is 2. The molecule has 1 atom stereocenters. The summed E-state index contributed by atoms with van der Waals surface area (Å²) in [6.07, 6.45) is 7.74. The third-order valence-electron chi connectivity index (χ3n) is 7.67. The van der Waals surface area contributed by atoms with E-state index >= 15 is 0 Å². The van der Waals surface area contributed by atoms with Crippen LogP contribution in [0.2, 0.25) is 0 Å². The van der Waals surface area contributed by atoms with Crippen LogP contribution in [0.1, 0.15) is 36.3 Å². The predicted octanol–water partition coefficient (Wildman–Crippen LogP) is 6.24. The van der Waals surface area contributed by atoms with Crippen LogP contribution in [0.4, 0.5) is 0 Å². The number of nitrogens with zero attached hydrogens (tertiary/aromatic N) is 3. The van der Waals surface area contributed by atoms with Gasteiger partial charge >= 0.3 is 0 Å². The summed E-state index contributed by atoms with van der Waals surface area (Å²) in [5, 5.41) is 2.58. The largest absolute Gasteiger partial charge is 0.303 e. The molecule has 0 saturated carbocycles. The molecule has 0 amide bonds. The number of aromatic nitrogens is 2. The quantitative estimate of drug-likeness (QED) is 0.272. The first-order valence-electron chi connectivity index (χ1n) is 13.1. The summed E-state index contributed by atoms with van der Waals surface area (Å²) >= 11 is 0. The molecule has 37 heavy (non-hydrogen) atoms. The lowest BCUT2D eigenvalue weighted by Gasteiger charge is -2.20. The van der Waals surface area contributed by atoms with Crippen molar-refractivity contribution in [3.05, 3.63) is 108 Å². The molecule has 3 aromatic carbocycles. The summed E-state index contributed by atoms with van der Waals surface area (Å²) in [5.41, 5.74) is 2.98. The van der Waals surface area contributed by atoms with Crippen molar-refractivity contribution in [2.24, 2.45) is 0 Å². The van der Waals surface area contributed by atoms with Crippen molar-refractivity contribution in [2.75, 3.05) is 19.6 Å². The molecular weight excluding hydrogens is 478 g/mol. The first-order chi connectivity index (χ1) is 18.1. The van der Waals surface area contributed by atoms with Crippen LogP contribution < -0.4 is 0 Å². The van der Waals surface area contributed by atoms with Crippen molar-refractivity contribution >= 4 is 31.8 Å². The number of hydrogen-bond acceptors (Lipinski definition) is 4. The van der Waals surface area contributed by atoms with Crippen molar-refractivity contribution in [3.63, 3.8) is 0 Å². The molecule has 0 aliphatic carbocycles. The van der Waals surface area contributed by atoms with Gasteiger partial charge < -0.3 is 4.90 Å². The van der Waals surface area contributed by atoms with Crippen LogP contribution >= 0.6 is 0 Å². The molecule has 0 N–H and O–H groups in total. The van der Waals surface area contributed by atoms with Gasteiger partial charge in [0.15, 0.2) is 5.65 Å². The van der Waals surface area contributed by atoms with Gasteiger partial charge in [0.25, 0.3) is 10.0 Å². The van der Waals surface area contributed by atoms with E-state index in [-0.39, 0.29) is 0 Å². The number of rotatable bonds is 6. The Kier molecular flexibility index (Phi) is 6.53. The number of likely N-dealkylation sites (tertiary alicyclic amines) is 1. The molecule has 6 heteroatoms. The van der Waals surface area contributed by atoms with Gasteiger partial charge in [0.1, 0.15) is 0 Å². The molecule has 188 valence electrons. The molecule has 1 fully saturated rings. The van der Waals surface area contributed by atoms with Crippen molar-refractivity contribution in [1.82, 2.24) is 13.9 Å². The molecule has 6 rings (SSSR count).